The monoisotopic (exact) mass is 389 g/mol. The molecule has 1 fully saturated rings. The van der Waals surface area contributed by atoms with Gasteiger partial charge in [-0.3, -0.25) is 14.4 Å². The van der Waals surface area contributed by atoms with Crippen LogP contribution >= 0.6 is 0 Å². The molecule has 1 aromatic heterocycles. The lowest BCUT2D eigenvalue weighted by molar-refractivity contribution is -0.143. The van der Waals surface area contributed by atoms with Gasteiger partial charge >= 0.3 is 0 Å². The number of nitrogens with one attached hydrogen (secondary N) is 2. The normalized spacial score (nSPS) is 18.9. The largest absolute Gasteiger partial charge is 0.444 e. The van der Waals surface area contributed by atoms with E-state index in [0.29, 0.717) is 17.9 Å². The third kappa shape index (κ3) is 4.24. The Kier molecular flexibility index (Phi) is 5.20. The van der Waals surface area contributed by atoms with Crippen LogP contribution in [0.3, 0.4) is 0 Å². The molecule has 3 aromatic rings. The van der Waals surface area contributed by atoms with Crippen molar-refractivity contribution in [1.29, 1.82) is 0 Å². The highest BCUT2D eigenvalue weighted by Gasteiger charge is 2.40. The Morgan fingerprint density at radius 1 is 1.10 bits per heavy atom. The first kappa shape index (κ1) is 18.6. The number of Topliss-reactive ketones (excluding diaryl/α,β-unsaturated/α-hetero) is 1. The van der Waals surface area contributed by atoms with Gasteiger partial charge in [0.25, 0.3) is 0 Å². The molecule has 2 unspecified atom stereocenters. The fourth-order valence-electron chi connectivity index (χ4n) is 3.42. The zero-order valence-electron chi connectivity index (χ0n) is 15.5. The summed E-state index contributed by atoms with van der Waals surface area (Å²) in [5.41, 5.74) is 2.32. The number of hydrogen-bond acceptors (Lipinski definition) is 5. The average molecular weight is 389 g/mol. The molecule has 1 aliphatic rings. The molecular weight excluding hydrogens is 370 g/mol. The van der Waals surface area contributed by atoms with Crippen molar-refractivity contribution in [3.8, 4) is 11.3 Å². The molecule has 1 saturated heterocycles. The van der Waals surface area contributed by atoms with Crippen molar-refractivity contribution in [1.82, 2.24) is 10.3 Å². The van der Waals surface area contributed by atoms with Crippen LogP contribution in [0.5, 0.6) is 0 Å². The molecule has 2 N–H and O–H groups in total. The Hall–Kier alpha value is -3.74. The Morgan fingerprint density at radius 2 is 1.86 bits per heavy atom. The number of oxazole rings is 1. The number of rotatable bonds is 5. The van der Waals surface area contributed by atoms with E-state index in [2.05, 4.69) is 15.6 Å². The van der Waals surface area contributed by atoms with Crippen molar-refractivity contribution >= 4 is 23.3 Å². The molecule has 1 aliphatic heterocycles. The Balaban J connectivity index is 1.39. The molecule has 4 rings (SSSR count). The van der Waals surface area contributed by atoms with Gasteiger partial charge in [0, 0.05) is 23.7 Å². The van der Waals surface area contributed by atoms with E-state index in [1.807, 2.05) is 30.3 Å². The van der Waals surface area contributed by atoms with Crippen LogP contribution in [0.2, 0.25) is 0 Å². The smallest absolute Gasteiger partial charge is 0.244 e. The molecule has 7 heteroatoms. The summed E-state index contributed by atoms with van der Waals surface area (Å²) >= 11 is 0. The van der Waals surface area contributed by atoms with Crippen LogP contribution in [0.4, 0.5) is 5.69 Å². The summed E-state index contributed by atoms with van der Waals surface area (Å²) in [4.78, 5) is 41.3. The topological polar surface area (TPSA) is 101 Å². The average Bonchev–Trinajstić information content (AvgIpc) is 3.23. The molecule has 0 saturated carbocycles. The standard InChI is InChI=1S/C22H19N3O4/c26-18-11-17(10-14-4-2-1-3-5-14)25-22(28)20(18)21(27)24-16-8-6-15(7-9-16)19-12-23-13-29-19/h1-9,12-13,17,20H,10-11H2,(H,24,27)(H,25,28). The van der Waals surface area contributed by atoms with Gasteiger partial charge in [-0.05, 0) is 36.2 Å². The van der Waals surface area contributed by atoms with Gasteiger partial charge in [-0.1, -0.05) is 30.3 Å². The number of carbonyl (C=O) groups is 3. The molecule has 29 heavy (non-hydrogen) atoms. The molecule has 2 aromatic carbocycles. The maximum Gasteiger partial charge on any atom is 0.244 e. The van der Waals surface area contributed by atoms with E-state index in [9.17, 15) is 14.4 Å². The number of hydrogen-bond donors (Lipinski definition) is 2. The van der Waals surface area contributed by atoms with Crippen LogP contribution in [-0.2, 0) is 20.8 Å². The van der Waals surface area contributed by atoms with Crippen LogP contribution in [-0.4, -0.2) is 28.6 Å². The molecule has 0 spiro atoms. The van der Waals surface area contributed by atoms with E-state index in [1.165, 1.54) is 6.39 Å². The molecule has 2 atom stereocenters. The van der Waals surface area contributed by atoms with Crippen molar-refractivity contribution in [3.63, 3.8) is 0 Å². The van der Waals surface area contributed by atoms with Crippen molar-refractivity contribution in [2.45, 2.75) is 18.9 Å². The van der Waals surface area contributed by atoms with Gasteiger partial charge in [-0.2, -0.15) is 0 Å². The van der Waals surface area contributed by atoms with Crippen LogP contribution in [0.15, 0.2) is 71.6 Å². The quantitative estimate of drug-likeness (QED) is 0.653. The van der Waals surface area contributed by atoms with Crippen molar-refractivity contribution < 1.29 is 18.8 Å². The first-order chi connectivity index (χ1) is 14.1. The fraction of sp³-hybridized carbons (Fsp3) is 0.182. The van der Waals surface area contributed by atoms with Crippen molar-refractivity contribution in [2.24, 2.45) is 5.92 Å². The summed E-state index contributed by atoms with van der Waals surface area (Å²) in [5.74, 6) is -2.29. The van der Waals surface area contributed by atoms with Gasteiger partial charge in [0.05, 0.1) is 6.20 Å². The number of ketones is 1. The second-order valence-corrected chi connectivity index (χ2v) is 6.93. The van der Waals surface area contributed by atoms with E-state index in [4.69, 9.17) is 4.42 Å². The molecule has 146 valence electrons. The number of carbonyl (C=O) groups excluding carboxylic acids is 3. The van der Waals surface area contributed by atoms with Crippen LogP contribution in [0.1, 0.15) is 12.0 Å². The summed E-state index contributed by atoms with van der Waals surface area (Å²) in [7, 11) is 0. The minimum Gasteiger partial charge on any atom is -0.444 e. The molecule has 0 aliphatic carbocycles. The highest BCUT2D eigenvalue weighted by molar-refractivity contribution is 6.22. The lowest BCUT2D eigenvalue weighted by Crippen LogP contribution is -2.53. The zero-order valence-corrected chi connectivity index (χ0v) is 15.5. The highest BCUT2D eigenvalue weighted by atomic mass is 16.3. The fourth-order valence-corrected chi connectivity index (χ4v) is 3.42. The molecule has 7 nitrogen and oxygen atoms in total. The van der Waals surface area contributed by atoms with Gasteiger partial charge < -0.3 is 15.1 Å². The summed E-state index contributed by atoms with van der Waals surface area (Å²) in [5, 5.41) is 5.44. The third-order valence-corrected chi connectivity index (χ3v) is 4.83. The van der Waals surface area contributed by atoms with E-state index < -0.39 is 17.7 Å². The lowest BCUT2D eigenvalue weighted by Gasteiger charge is -2.27. The van der Waals surface area contributed by atoms with E-state index >= 15 is 0 Å². The summed E-state index contributed by atoms with van der Waals surface area (Å²) in [6.07, 6.45) is 3.60. The second kappa shape index (κ2) is 8.10. The SMILES string of the molecule is O=C1CC(Cc2ccccc2)NC(=O)C1C(=O)Nc1ccc(-c2cnco2)cc1. The van der Waals surface area contributed by atoms with Gasteiger partial charge in [0.1, 0.15) is 0 Å². The zero-order chi connectivity index (χ0) is 20.2. The Morgan fingerprint density at radius 3 is 2.52 bits per heavy atom. The Bertz CT molecular complexity index is 996. The second-order valence-electron chi connectivity index (χ2n) is 6.93. The number of benzene rings is 2. The number of piperidine rings is 1. The van der Waals surface area contributed by atoms with E-state index in [1.54, 1.807) is 30.5 Å². The Labute approximate surface area is 167 Å². The predicted octanol–water partition coefficient (Wildman–Crippen LogP) is 2.60. The van der Waals surface area contributed by atoms with Gasteiger partial charge in [-0.25, -0.2) is 4.98 Å². The van der Waals surface area contributed by atoms with Crippen molar-refractivity contribution in [3.05, 3.63) is 72.8 Å². The molecule has 0 radical (unpaired) electrons. The minimum atomic E-state index is -1.34. The number of aromatic nitrogens is 1. The lowest BCUT2D eigenvalue weighted by atomic mass is 9.89. The van der Waals surface area contributed by atoms with E-state index in [0.717, 1.165) is 11.1 Å². The molecular formula is C22H19N3O4. The first-order valence-electron chi connectivity index (χ1n) is 9.27. The maximum atomic E-state index is 12.5. The summed E-state index contributed by atoms with van der Waals surface area (Å²) in [6, 6.07) is 16.2. The molecule has 0 bridgehead atoms. The molecule has 2 amide bonds. The maximum absolute atomic E-state index is 12.5. The van der Waals surface area contributed by atoms with Crippen LogP contribution < -0.4 is 10.6 Å². The van der Waals surface area contributed by atoms with Crippen LogP contribution in [0.25, 0.3) is 11.3 Å². The van der Waals surface area contributed by atoms with Crippen molar-refractivity contribution in [2.75, 3.05) is 5.32 Å². The number of anilines is 1. The van der Waals surface area contributed by atoms with Gasteiger partial charge in [-0.15, -0.1) is 0 Å². The number of nitrogens with zero attached hydrogens (tertiary/aromatic N) is 1. The van der Waals surface area contributed by atoms with Gasteiger partial charge in [0.2, 0.25) is 11.8 Å². The van der Waals surface area contributed by atoms with E-state index in [-0.39, 0.29) is 18.2 Å². The summed E-state index contributed by atoms with van der Waals surface area (Å²) < 4.78 is 5.22. The summed E-state index contributed by atoms with van der Waals surface area (Å²) in [6.45, 7) is 0. The first-order valence-corrected chi connectivity index (χ1v) is 9.27. The predicted molar refractivity (Wildman–Crippen MR) is 106 cm³/mol. The third-order valence-electron chi connectivity index (χ3n) is 4.83. The minimum absolute atomic E-state index is 0.128. The van der Waals surface area contributed by atoms with Gasteiger partial charge in [0.15, 0.2) is 23.9 Å². The van der Waals surface area contributed by atoms with Crippen LogP contribution in [0, 0.1) is 5.92 Å². The molecule has 2 heterocycles. The number of amides is 2. The highest BCUT2D eigenvalue weighted by Crippen LogP contribution is 2.22.